The first-order valence-electron chi connectivity index (χ1n) is 9.98. The van der Waals surface area contributed by atoms with Gasteiger partial charge in [-0.05, 0) is 45.7 Å². The normalized spacial score (nSPS) is 22.6. The van der Waals surface area contributed by atoms with Crippen molar-refractivity contribution in [3.63, 3.8) is 0 Å². The molecular weight excluding hydrogens is 410 g/mol. The van der Waals surface area contributed by atoms with Crippen LogP contribution in [-0.4, -0.2) is 19.0 Å². The summed E-state index contributed by atoms with van der Waals surface area (Å²) in [7, 11) is -4.94. The number of halogens is 1. The maximum atomic E-state index is 8.49. The molecule has 164 valence electrons. The second kappa shape index (κ2) is 8.16. The number of fused-ring (bicyclic) bond motifs is 1. The van der Waals surface area contributed by atoms with Gasteiger partial charge in [0.15, 0.2) is 23.7 Å². The summed E-state index contributed by atoms with van der Waals surface area (Å²) in [6.45, 7) is 12.2. The van der Waals surface area contributed by atoms with E-state index in [1.807, 2.05) is 0 Å². The lowest BCUT2D eigenvalue weighted by molar-refractivity contribution is -2.00. The largest absolute Gasteiger partial charge is 0.348 e. The molecule has 7 nitrogen and oxygen atoms in total. The van der Waals surface area contributed by atoms with Crippen molar-refractivity contribution in [3.8, 4) is 0 Å². The maximum Gasteiger partial charge on any atom is 0.196 e. The van der Waals surface area contributed by atoms with E-state index in [0.717, 1.165) is 0 Å². The highest BCUT2D eigenvalue weighted by Gasteiger charge is 2.70. The minimum Gasteiger partial charge on any atom is -0.348 e. The molecule has 0 amide bonds. The molecule has 2 atom stereocenters. The van der Waals surface area contributed by atoms with Crippen LogP contribution in [0.3, 0.4) is 0 Å². The number of benzene rings is 1. The molecule has 0 spiro atoms. The van der Waals surface area contributed by atoms with E-state index in [9.17, 15) is 0 Å². The van der Waals surface area contributed by atoms with Crippen LogP contribution >= 0.6 is 0 Å². The van der Waals surface area contributed by atoms with E-state index in [0.29, 0.717) is 13.2 Å². The Morgan fingerprint density at radius 3 is 2.13 bits per heavy atom. The van der Waals surface area contributed by atoms with E-state index < -0.39 is 16.0 Å². The quantitative estimate of drug-likeness (QED) is 0.464. The third kappa shape index (κ3) is 3.65. The number of rotatable bonds is 4. The van der Waals surface area contributed by atoms with Crippen molar-refractivity contribution in [2.45, 2.75) is 52.4 Å². The Hall–Kier alpha value is -1.58. The predicted octanol–water partition coefficient (Wildman–Crippen LogP) is -0.630. The summed E-state index contributed by atoms with van der Waals surface area (Å²) < 4.78 is 49.4. The molecule has 0 radical (unpaired) electrons. The molecular formula is C22H28ClNO6. The zero-order valence-corrected chi connectivity index (χ0v) is 18.6. The molecule has 2 aromatic rings. The van der Waals surface area contributed by atoms with E-state index >= 15 is 0 Å². The first-order valence-corrected chi connectivity index (χ1v) is 11.2. The number of hydrogen-bond acceptors (Lipinski definition) is 6. The highest BCUT2D eigenvalue weighted by atomic mass is 35.7. The fraction of sp³-hybridized carbons (Fsp3) is 0.500. The number of pyridine rings is 1. The van der Waals surface area contributed by atoms with Gasteiger partial charge in [-0.2, -0.15) is 4.57 Å². The van der Waals surface area contributed by atoms with Crippen molar-refractivity contribution in [1.29, 1.82) is 0 Å². The van der Waals surface area contributed by atoms with E-state index in [2.05, 4.69) is 81.8 Å². The zero-order chi connectivity index (χ0) is 22.3. The lowest BCUT2D eigenvalue weighted by Crippen LogP contribution is -2.72. The van der Waals surface area contributed by atoms with Crippen LogP contribution < -0.4 is 23.2 Å². The molecule has 2 unspecified atom stereocenters. The Bertz CT molecular complexity index is 899. The van der Waals surface area contributed by atoms with Gasteiger partial charge in [-0.15, -0.1) is 10.2 Å². The molecule has 3 aliphatic rings. The van der Waals surface area contributed by atoms with E-state index in [1.54, 1.807) is 0 Å². The molecule has 0 N–H and O–H groups in total. The van der Waals surface area contributed by atoms with Gasteiger partial charge < -0.3 is 9.47 Å². The van der Waals surface area contributed by atoms with Crippen molar-refractivity contribution in [3.05, 3.63) is 65.0 Å². The molecule has 1 aromatic carbocycles. The molecule has 1 aliphatic carbocycles. The SMILES string of the molecule is CCOC1(OCC)C2c3cccc(C)c3C([n+]3ccccc32)C1(C)C.[O-][Cl+3]([O-])([O-])[O-]. The highest BCUT2D eigenvalue weighted by Crippen LogP contribution is 2.62. The molecule has 0 saturated carbocycles. The van der Waals surface area contributed by atoms with Crippen LogP contribution in [-0.2, 0) is 9.47 Å². The van der Waals surface area contributed by atoms with Crippen molar-refractivity contribution in [1.82, 2.24) is 0 Å². The van der Waals surface area contributed by atoms with Gasteiger partial charge in [-0.25, -0.2) is 18.6 Å². The van der Waals surface area contributed by atoms with Crippen LogP contribution in [0, 0.1) is 22.6 Å². The van der Waals surface area contributed by atoms with E-state index in [4.69, 9.17) is 28.1 Å². The van der Waals surface area contributed by atoms with Crippen molar-refractivity contribution in [2.24, 2.45) is 5.41 Å². The average Bonchev–Trinajstić information content (AvgIpc) is 2.64. The molecule has 2 aliphatic heterocycles. The molecule has 3 heterocycles. The summed E-state index contributed by atoms with van der Waals surface area (Å²) in [6.07, 6.45) is 2.21. The van der Waals surface area contributed by atoms with Gasteiger partial charge in [0.05, 0.1) is 5.41 Å². The predicted molar refractivity (Wildman–Crippen MR) is 97.6 cm³/mol. The third-order valence-electron chi connectivity index (χ3n) is 6.12. The number of hydrogen-bond donors (Lipinski definition) is 0. The average molecular weight is 438 g/mol. The van der Waals surface area contributed by atoms with Crippen LogP contribution in [0.15, 0.2) is 42.6 Å². The van der Waals surface area contributed by atoms with Gasteiger partial charge in [0.2, 0.25) is 0 Å². The topological polar surface area (TPSA) is 115 Å². The first-order chi connectivity index (χ1) is 14.0. The lowest BCUT2D eigenvalue weighted by atomic mass is 9.56. The molecule has 8 heteroatoms. The Balaban J connectivity index is 0.000000461. The smallest absolute Gasteiger partial charge is 0.196 e. The van der Waals surface area contributed by atoms with Crippen LogP contribution in [0.5, 0.6) is 0 Å². The Morgan fingerprint density at radius 1 is 0.967 bits per heavy atom. The number of nitrogens with zero attached hydrogens (tertiary/aromatic N) is 1. The molecule has 1 aromatic heterocycles. The lowest BCUT2D eigenvalue weighted by Gasteiger charge is -2.57. The molecule has 0 saturated heterocycles. The minimum atomic E-state index is -4.94. The number of aryl methyl sites for hydroxylation is 1. The van der Waals surface area contributed by atoms with E-state index in [-0.39, 0.29) is 17.4 Å². The fourth-order valence-electron chi connectivity index (χ4n) is 5.26. The monoisotopic (exact) mass is 437 g/mol. The van der Waals surface area contributed by atoms with Crippen molar-refractivity contribution < 1.29 is 42.9 Å². The summed E-state index contributed by atoms with van der Waals surface area (Å²) in [5.74, 6) is -0.577. The molecule has 30 heavy (non-hydrogen) atoms. The highest BCUT2D eigenvalue weighted by molar-refractivity contribution is 5.49. The number of aromatic nitrogens is 1. The summed E-state index contributed by atoms with van der Waals surface area (Å²) in [5.41, 5.74) is 5.24. The van der Waals surface area contributed by atoms with Crippen LogP contribution in [0.2, 0.25) is 0 Å². The second-order valence-corrected chi connectivity index (χ2v) is 8.84. The van der Waals surface area contributed by atoms with Gasteiger partial charge in [-0.3, -0.25) is 0 Å². The van der Waals surface area contributed by atoms with Crippen LogP contribution in [0.25, 0.3) is 0 Å². The zero-order valence-electron chi connectivity index (χ0n) is 17.9. The van der Waals surface area contributed by atoms with Gasteiger partial charge >= 0.3 is 0 Å². The van der Waals surface area contributed by atoms with Gasteiger partial charge in [-0.1, -0.05) is 24.3 Å². The summed E-state index contributed by atoms with van der Waals surface area (Å²) >= 11 is 0. The summed E-state index contributed by atoms with van der Waals surface area (Å²) in [5, 5.41) is 0. The van der Waals surface area contributed by atoms with Crippen LogP contribution in [0.4, 0.5) is 0 Å². The van der Waals surface area contributed by atoms with Gasteiger partial charge in [0, 0.05) is 30.9 Å². The fourth-order valence-corrected chi connectivity index (χ4v) is 5.26. The summed E-state index contributed by atoms with van der Waals surface area (Å²) in [4.78, 5) is 0. The first kappa shape index (κ1) is 23.1. The Labute approximate surface area is 179 Å². The summed E-state index contributed by atoms with van der Waals surface area (Å²) in [6, 6.07) is 13.3. The third-order valence-corrected chi connectivity index (χ3v) is 6.12. The van der Waals surface area contributed by atoms with Crippen LogP contribution in [0.1, 0.15) is 62.0 Å². The molecule has 2 bridgehead atoms. The van der Waals surface area contributed by atoms with Crippen molar-refractivity contribution >= 4 is 0 Å². The van der Waals surface area contributed by atoms with E-state index in [1.165, 1.54) is 22.4 Å². The maximum absolute atomic E-state index is 8.49. The second-order valence-electron chi connectivity index (χ2n) is 8.08. The molecule has 0 fully saturated rings. The Morgan fingerprint density at radius 2 is 1.57 bits per heavy atom. The molecule has 5 rings (SSSR count). The number of ether oxygens (including phenoxy) is 2. The van der Waals surface area contributed by atoms with Gasteiger partial charge in [0.25, 0.3) is 0 Å². The minimum absolute atomic E-state index is 0.0727. The van der Waals surface area contributed by atoms with Crippen molar-refractivity contribution in [2.75, 3.05) is 13.2 Å². The Kier molecular flexibility index (Phi) is 6.28. The van der Waals surface area contributed by atoms with Gasteiger partial charge in [0.1, 0.15) is 5.92 Å². The standard InChI is InChI=1S/C22H28NO2.ClHO4/c1-6-24-22(25-7-2)19-16-12-10-11-15(3)18(16)20(21(22,4)5)23-14-9-8-13-17(19)23;2-1(3,4)5/h8-14,19-20H,6-7H2,1-5H3;(H,2,3,4,5)/q+1;/p-1.